The van der Waals surface area contributed by atoms with E-state index in [4.69, 9.17) is 5.14 Å². The fourth-order valence-electron chi connectivity index (χ4n) is 3.19. The Balaban J connectivity index is 1.83. The Morgan fingerprint density at radius 2 is 1.58 bits per heavy atom. The van der Waals surface area contributed by atoms with Crippen molar-refractivity contribution in [1.82, 2.24) is 0 Å². The van der Waals surface area contributed by atoms with Crippen LogP contribution in [-0.4, -0.2) is 39.5 Å². The van der Waals surface area contributed by atoms with E-state index in [2.05, 4.69) is 0 Å². The summed E-state index contributed by atoms with van der Waals surface area (Å²) in [5.74, 6) is 0. The average molecular weight is 376 g/mol. The molecule has 0 spiro atoms. The topological polar surface area (TPSA) is 110 Å². The average Bonchev–Trinajstić information content (AvgIpc) is 2.61. The quantitative estimate of drug-likeness (QED) is 0.644. The second-order valence-corrected chi connectivity index (χ2v) is 7.77. The van der Waals surface area contributed by atoms with Gasteiger partial charge in [-0.05, 0) is 30.7 Å². The van der Waals surface area contributed by atoms with E-state index in [-0.39, 0.29) is 15.5 Å². The molecule has 0 radical (unpaired) electrons. The number of nitrogens with zero attached hydrogens (tertiary/aromatic N) is 3. The van der Waals surface area contributed by atoms with Crippen LogP contribution in [-0.2, 0) is 10.0 Å². The summed E-state index contributed by atoms with van der Waals surface area (Å²) >= 11 is 0. The summed E-state index contributed by atoms with van der Waals surface area (Å²) < 4.78 is 23.6. The van der Waals surface area contributed by atoms with Crippen molar-refractivity contribution in [2.45, 2.75) is 11.8 Å². The van der Waals surface area contributed by atoms with E-state index in [0.29, 0.717) is 37.6 Å². The van der Waals surface area contributed by atoms with Crippen molar-refractivity contribution in [3.05, 3.63) is 58.1 Å². The van der Waals surface area contributed by atoms with Gasteiger partial charge in [-0.2, -0.15) is 0 Å². The molecule has 3 rings (SSSR count). The highest BCUT2D eigenvalue weighted by Gasteiger charge is 2.26. The molecule has 0 bridgehead atoms. The van der Waals surface area contributed by atoms with Gasteiger partial charge in [0.15, 0.2) is 0 Å². The highest BCUT2D eigenvalue weighted by molar-refractivity contribution is 7.89. The maximum atomic E-state index is 11.8. The minimum absolute atomic E-state index is 0.0865. The minimum Gasteiger partial charge on any atom is -0.367 e. The Kier molecular flexibility index (Phi) is 4.84. The third-order valence-corrected chi connectivity index (χ3v) is 5.42. The van der Waals surface area contributed by atoms with Gasteiger partial charge in [0.25, 0.3) is 5.69 Å². The van der Waals surface area contributed by atoms with Gasteiger partial charge in [-0.3, -0.25) is 10.1 Å². The molecule has 0 unspecified atom stereocenters. The van der Waals surface area contributed by atoms with Crippen LogP contribution in [0.5, 0.6) is 0 Å². The summed E-state index contributed by atoms with van der Waals surface area (Å²) in [4.78, 5) is 15.0. The number of primary sulfonamides is 1. The number of anilines is 2. The number of rotatable bonds is 4. The molecule has 0 amide bonds. The third kappa shape index (κ3) is 3.63. The number of hydrogen-bond donors (Lipinski definition) is 1. The van der Waals surface area contributed by atoms with E-state index >= 15 is 0 Å². The fraction of sp³-hybridized carbons (Fsp3) is 0.294. The van der Waals surface area contributed by atoms with Gasteiger partial charge in [-0.15, -0.1) is 0 Å². The first-order chi connectivity index (χ1) is 12.3. The Morgan fingerprint density at radius 3 is 2.15 bits per heavy atom. The monoisotopic (exact) mass is 376 g/mol. The number of benzene rings is 2. The number of hydrogen-bond acceptors (Lipinski definition) is 6. The molecule has 0 aromatic heterocycles. The van der Waals surface area contributed by atoms with Crippen LogP contribution in [0.4, 0.5) is 17.1 Å². The van der Waals surface area contributed by atoms with Gasteiger partial charge in [-0.1, -0.05) is 18.2 Å². The molecule has 2 aromatic carbocycles. The molecule has 8 nitrogen and oxygen atoms in total. The summed E-state index contributed by atoms with van der Waals surface area (Å²) in [6, 6.07) is 11.8. The number of sulfonamides is 1. The van der Waals surface area contributed by atoms with E-state index in [0.717, 1.165) is 5.56 Å². The van der Waals surface area contributed by atoms with Crippen molar-refractivity contribution < 1.29 is 13.3 Å². The lowest BCUT2D eigenvalue weighted by molar-refractivity contribution is -0.384. The molecule has 138 valence electrons. The zero-order chi connectivity index (χ0) is 18.9. The summed E-state index contributed by atoms with van der Waals surface area (Å²) in [5, 5.41) is 16.7. The van der Waals surface area contributed by atoms with Gasteiger partial charge < -0.3 is 9.80 Å². The second kappa shape index (κ2) is 6.93. The lowest BCUT2D eigenvalue weighted by atomic mass is 10.1. The zero-order valence-corrected chi connectivity index (χ0v) is 15.1. The highest BCUT2D eigenvalue weighted by Crippen LogP contribution is 2.31. The molecule has 1 saturated heterocycles. The number of aryl methyl sites for hydroxylation is 1. The first kappa shape index (κ1) is 18.2. The van der Waals surface area contributed by atoms with Crippen LogP contribution < -0.4 is 14.9 Å². The fourth-order valence-corrected chi connectivity index (χ4v) is 3.95. The van der Waals surface area contributed by atoms with Crippen molar-refractivity contribution in [3.8, 4) is 0 Å². The molecule has 1 heterocycles. The maximum Gasteiger partial charge on any atom is 0.292 e. The first-order valence-corrected chi connectivity index (χ1v) is 9.69. The summed E-state index contributed by atoms with van der Waals surface area (Å²) in [5.41, 5.74) is 2.07. The maximum absolute atomic E-state index is 11.8. The Labute approximate surface area is 152 Å². The number of nitro groups is 1. The standard InChI is InChI=1S/C17H20N4O4S/c1-13-6-7-14(16(12-13)21(22)23)19-8-10-20(11-9-19)15-4-2-3-5-17(15)26(18,24)25/h2-7,12H,8-11H2,1H3,(H2,18,24,25). The summed E-state index contributed by atoms with van der Waals surface area (Å²) in [6.07, 6.45) is 0. The molecule has 1 fully saturated rings. The normalized spacial score (nSPS) is 15.2. The number of nitrogens with two attached hydrogens (primary N) is 1. The van der Waals surface area contributed by atoms with Crippen LogP contribution in [0.2, 0.25) is 0 Å². The van der Waals surface area contributed by atoms with Gasteiger partial charge in [0.2, 0.25) is 10.0 Å². The van der Waals surface area contributed by atoms with Crippen molar-refractivity contribution in [2.24, 2.45) is 5.14 Å². The van der Waals surface area contributed by atoms with E-state index in [9.17, 15) is 18.5 Å². The van der Waals surface area contributed by atoms with Crippen LogP contribution in [0.1, 0.15) is 5.56 Å². The van der Waals surface area contributed by atoms with Crippen LogP contribution >= 0.6 is 0 Å². The predicted molar refractivity (Wildman–Crippen MR) is 100 cm³/mol. The first-order valence-electron chi connectivity index (χ1n) is 8.14. The van der Waals surface area contributed by atoms with E-state index in [1.807, 2.05) is 22.8 Å². The highest BCUT2D eigenvalue weighted by atomic mass is 32.2. The molecule has 2 N–H and O–H groups in total. The smallest absolute Gasteiger partial charge is 0.292 e. The van der Waals surface area contributed by atoms with Gasteiger partial charge in [0, 0.05) is 32.2 Å². The van der Waals surface area contributed by atoms with Crippen molar-refractivity contribution >= 4 is 27.1 Å². The lowest BCUT2D eigenvalue weighted by Gasteiger charge is -2.37. The Bertz CT molecular complexity index is 938. The van der Waals surface area contributed by atoms with Crippen LogP contribution in [0.15, 0.2) is 47.4 Å². The second-order valence-electron chi connectivity index (χ2n) is 6.24. The SMILES string of the molecule is Cc1ccc(N2CCN(c3ccccc3S(N)(=O)=O)CC2)c([N+](=O)[O-])c1. The summed E-state index contributed by atoms with van der Waals surface area (Å²) in [6.45, 7) is 3.99. The molecule has 26 heavy (non-hydrogen) atoms. The summed E-state index contributed by atoms with van der Waals surface area (Å²) in [7, 11) is -3.82. The van der Waals surface area contributed by atoms with Gasteiger partial charge in [0.1, 0.15) is 10.6 Å². The Hall–Kier alpha value is -2.65. The molecule has 0 saturated carbocycles. The molecular weight excluding hydrogens is 356 g/mol. The molecule has 9 heteroatoms. The van der Waals surface area contributed by atoms with Crippen LogP contribution in [0.3, 0.4) is 0 Å². The molecule has 0 atom stereocenters. The lowest BCUT2D eigenvalue weighted by Crippen LogP contribution is -2.47. The minimum atomic E-state index is -3.82. The van der Waals surface area contributed by atoms with E-state index in [1.54, 1.807) is 30.3 Å². The van der Waals surface area contributed by atoms with Gasteiger partial charge in [0.05, 0.1) is 10.6 Å². The van der Waals surface area contributed by atoms with Crippen LogP contribution in [0.25, 0.3) is 0 Å². The predicted octanol–water partition coefficient (Wildman–Crippen LogP) is 1.88. The van der Waals surface area contributed by atoms with Gasteiger partial charge >= 0.3 is 0 Å². The zero-order valence-electron chi connectivity index (χ0n) is 14.3. The Morgan fingerprint density at radius 1 is 1.00 bits per heavy atom. The molecule has 1 aliphatic rings. The molecule has 1 aliphatic heterocycles. The van der Waals surface area contributed by atoms with Gasteiger partial charge in [-0.25, -0.2) is 13.6 Å². The molecular formula is C17H20N4O4S. The van der Waals surface area contributed by atoms with Crippen molar-refractivity contribution in [1.29, 1.82) is 0 Å². The van der Waals surface area contributed by atoms with E-state index < -0.39 is 10.0 Å². The largest absolute Gasteiger partial charge is 0.367 e. The van der Waals surface area contributed by atoms with Crippen molar-refractivity contribution in [3.63, 3.8) is 0 Å². The molecule has 0 aliphatic carbocycles. The van der Waals surface area contributed by atoms with E-state index in [1.165, 1.54) is 6.07 Å². The number of piperazine rings is 1. The van der Waals surface area contributed by atoms with Crippen molar-refractivity contribution in [2.75, 3.05) is 36.0 Å². The molecule has 2 aromatic rings. The third-order valence-electron chi connectivity index (χ3n) is 4.46. The number of nitro benzene ring substituents is 1. The van der Waals surface area contributed by atoms with Crippen LogP contribution in [0, 0.1) is 17.0 Å². The number of para-hydroxylation sites is 1.